The first-order chi connectivity index (χ1) is 30.7. The van der Waals surface area contributed by atoms with E-state index in [9.17, 15) is 0 Å². The Labute approximate surface area is 392 Å². The number of anilines is 6. The van der Waals surface area contributed by atoms with Crippen LogP contribution in [0.25, 0.3) is 43.4 Å². The second kappa shape index (κ2) is 16.1. The molecule has 0 aromatic heterocycles. The number of hydrogen-bond acceptors (Lipinski definition) is 2. The molecule has 0 saturated carbocycles. The topological polar surface area (TPSA) is 6.48 Å². The van der Waals surface area contributed by atoms with Crippen LogP contribution in [0.4, 0.5) is 34.1 Å². The van der Waals surface area contributed by atoms with E-state index in [2.05, 4.69) is 257 Å². The molecular formula is C62H63ClN2. The van der Waals surface area contributed by atoms with Gasteiger partial charge in [-0.05, 0) is 142 Å². The number of halogens is 1. The van der Waals surface area contributed by atoms with Gasteiger partial charge in [0, 0.05) is 22.6 Å². The molecule has 9 aromatic rings. The first kappa shape index (κ1) is 44.1. The SMILES string of the molecule is CC(C)(C)c1ccc(N(c2ccc(C(C)(C)C)cc2)c2cccc(N(c3ccc(C(C)(C)C)cc3)c3ccc(C(C)(C)C)cc3-c3ccc4ccc5cccc6ccc3c4c56)c2Cl)cc1. The second-order valence-electron chi connectivity index (χ2n) is 22.1. The standard InChI is InChI=1S/C62H63ClN2/c1-59(2,3)43-23-30-47(31-24-43)64(48-32-25-44(26-33-48)60(4,5)6)54-17-14-18-55(58(54)63)65(49-34-27-45(28-35-49)61(7,8)9)53-38-29-46(62(10,11)12)39-52(53)50-36-21-42-20-19-40-15-13-16-41-22-37-51(50)57(42)56(40)41/h13-39H,1-12H3. The lowest BCUT2D eigenvalue weighted by molar-refractivity contribution is 0.590. The molecule has 0 N–H and O–H groups in total. The summed E-state index contributed by atoms with van der Waals surface area (Å²) in [6.45, 7) is 27.3. The molecule has 328 valence electrons. The van der Waals surface area contributed by atoms with Gasteiger partial charge >= 0.3 is 0 Å². The zero-order valence-corrected chi connectivity index (χ0v) is 41.1. The lowest BCUT2D eigenvalue weighted by atomic mass is 9.83. The Morgan fingerprint density at radius 2 is 0.708 bits per heavy atom. The van der Waals surface area contributed by atoms with E-state index in [1.807, 2.05) is 0 Å². The highest BCUT2D eigenvalue weighted by atomic mass is 35.5. The van der Waals surface area contributed by atoms with Crippen molar-refractivity contribution >= 4 is 78.0 Å². The average Bonchev–Trinajstić information content (AvgIpc) is 3.26. The van der Waals surface area contributed by atoms with E-state index >= 15 is 0 Å². The van der Waals surface area contributed by atoms with Gasteiger partial charge in [-0.15, -0.1) is 0 Å². The van der Waals surface area contributed by atoms with Crippen LogP contribution in [0.15, 0.2) is 164 Å². The number of hydrogen-bond donors (Lipinski definition) is 0. The third-order valence-corrected chi connectivity index (χ3v) is 13.7. The van der Waals surface area contributed by atoms with Crippen molar-refractivity contribution in [2.45, 2.75) is 105 Å². The van der Waals surface area contributed by atoms with Crippen LogP contribution in [0, 0.1) is 0 Å². The van der Waals surface area contributed by atoms with Crippen molar-refractivity contribution in [1.82, 2.24) is 0 Å². The van der Waals surface area contributed by atoms with Gasteiger partial charge in [0.05, 0.1) is 22.1 Å². The quantitative estimate of drug-likeness (QED) is 0.147. The Balaban J connectivity index is 1.31. The molecule has 0 radical (unpaired) electrons. The van der Waals surface area contributed by atoms with Crippen LogP contribution >= 0.6 is 11.6 Å². The zero-order valence-electron chi connectivity index (χ0n) is 40.4. The van der Waals surface area contributed by atoms with Gasteiger partial charge in [0.15, 0.2) is 0 Å². The lowest BCUT2D eigenvalue weighted by Gasteiger charge is -2.33. The molecule has 0 aliphatic rings. The first-order valence-corrected chi connectivity index (χ1v) is 23.6. The van der Waals surface area contributed by atoms with E-state index < -0.39 is 0 Å². The summed E-state index contributed by atoms with van der Waals surface area (Å²) in [7, 11) is 0. The van der Waals surface area contributed by atoms with Crippen LogP contribution in [0.1, 0.15) is 105 Å². The monoisotopic (exact) mass is 870 g/mol. The van der Waals surface area contributed by atoms with Crippen molar-refractivity contribution in [2.75, 3.05) is 9.80 Å². The van der Waals surface area contributed by atoms with Gasteiger partial charge in [0.1, 0.15) is 0 Å². The van der Waals surface area contributed by atoms with E-state index in [0.717, 1.165) is 39.7 Å². The normalized spacial score (nSPS) is 12.7. The molecule has 65 heavy (non-hydrogen) atoms. The van der Waals surface area contributed by atoms with Crippen LogP contribution in [-0.4, -0.2) is 0 Å². The van der Waals surface area contributed by atoms with E-state index in [4.69, 9.17) is 11.6 Å². The highest BCUT2D eigenvalue weighted by Gasteiger charge is 2.28. The number of benzene rings is 9. The van der Waals surface area contributed by atoms with E-state index in [1.54, 1.807) is 0 Å². The fourth-order valence-corrected chi connectivity index (χ4v) is 9.70. The third-order valence-electron chi connectivity index (χ3n) is 13.3. The Morgan fingerprint density at radius 3 is 1.18 bits per heavy atom. The number of nitrogens with zero attached hydrogens (tertiary/aromatic N) is 2. The van der Waals surface area contributed by atoms with E-state index in [1.165, 1.54) is 60.1 Å². The maximum absolute atomic E-state index is 8.03. The Hall–Kier alpha value is -6.09. The Bertz CT molecular complexity index is 3090. The van der Waals surface area contributed by atoms with Gasteiger partial charge in [-0.2, -0.15) is 0 Å². The molecule has 0 aliphatic carbocycles. The van der Waals surface area contributed by atoms with Crippen molar-refractivity contribution in [3.63, 3.8) is 0 Å². The Morgan fingerprint density at radius 1 is 0.323 bits per heavy atom. The van der Waals surface area contributed by atoms with E-state index in [0.29, 0.717) is 5.02 Å². The van der Waals surface area contributed by atoms with Crippen molar-refractivity contribution in [1.29, 1.82) is 0 Å². The molecule has 9 rings (SSSR count). The maximum atomic E-state index is 8.03. The molecule has 9 aromatic carbocycles. The Kier molecular flexibility index (Phi) is 10.9. The predicted octanol–water partition coefficient (Wildman–Crippen LogP) is 19.0. The molecular weight excluding hydrogens is 808 g/mol. The molecule has 2 nitrogen and oxygen atoms in total. The van der Waals surface area contributed by atoms with Gasteiger partial charge in [0.2, 0.25) is 0 Å². The summed E-state index contributed by atoms with van der Waals surface area (Å²) in [6, 6.07) is 61.0. The highest BCUT2D eigenvalue weighted by molar-refractivity contribution is 6.37. The fraction of sp³-hybridized carbons (Fsp3) is 0.258. The van der Waals surface area contributed by atoms with Crippen molar-refractivity contribution < 1.29 is 0 Å². The minimum absolute atomic E-state index is 0.00621. The highest BCUT2D eigenvalue weighted by Crippen LogP contribution is 2.51. The minimum Gasteiger partial charge on any atom is -0.309 e. The summed E-state index contributed by atoms with van der Waals surface area (Å²) in [5, 5.41) is 8.29. The fourth-order valence-electron chi connectivity index (χ4n) is 9.40. The van der Waals surface area contributed by atoms with Crippen LogP contribution in [0.2, 0.25) is 5.02 Å². The van der Waals surface area contributed by atoms with Crippen molar-refractivity contribution in [3.05, 3.63) is 191 Å². The summed E-state index contributed by atoms with van der Waals surface area (Å²) in [6.07, 6.45) is 0. The first-order valence-electron chi connectivity index (χ1n) is 23.2. The molecule has 0 fully saturated rings. The minimum atomic E-state index is -0.0839. The third kappa shape index (κ3) is 8.27. The summed E-state index contributed by atoms with van der Waals surface area (Å²) >= 11 is 8.03. The molecule has 0 spiro atoms. The van der Waals surface area contributed by atoms with Crippen LogP contribution in [-0.2, 0) is 21.7 Å². The van der Waals surface area contributed by atoms with Gasteiger partial charge in [-0.25, -0.2) is 0 Å². The molecule has 0 aliphatic heterocycles. The zero-order chi connectivity index (χ0) is 46.2. The van der Waals surface area contributed by atoms with Crippen molar-refractivity contribution in [2.24, 2.45) is 0 Å². The van der Waals surface area contributed by atoms with Gasteiger partial charge in [0.25, 0.3) is 0 Å². The van der Waals surface area contributed by atoms with Crippen LogP contribution < -0.4 is 9.80 Å². The summed E-state index contributed by atoms with van der Waals surface area (Å²) in [5.41, 5.74) is 13.4. The molecule has 0 heterocycles. The molecule has 0 atom stereocenters. The van der Waals surface area contributed by atoms with Crippen LogP contribution in [0.5, 0.6) is 0 Å². The molecule has 0 unspecified atom stereocenters. The molecule has 0 bridgehead atoms. The molecule has 3 heteroatoms. The van der Waals surface area contributed by atoms with Crippen LogP contribution in [0.3, 0.4) is 0 Å². The smallest absolute Gasteiger partial charge is 0.0887 e. The second-order valence-corrected chi connectivity index (χ2v) is 22.5. The summed E-state index contributed by atoms with van der Waals surface area (Å²) in [5.74, 6) is 0. The van der Waals surface area contributed by atoms with Crippen molar-refractivity contribution in [3.8, 4) is 11.1 Å². The average molecular weight is 872 g/mol. The maximum Gasteiger partial charge on any atom is 0.0887 e. The molecule has 0 saturated heterocycles. The van der Waals surface area contributed by atoms with Gasteiger partial charge in [-0.1, -0.05) is 198 Å². The molecule has 0 amide bonds. The summed E-state index contributed by atoms with van der Waals surface area (Å²) in [4.78, 5) is 4.71. The van der Waals surface area contributed by atoms with E-state index in [-0.39, 0.29) is 21.7 Å². The largest absolute Gasteiger partial charge is 0.309 e. The number of rotatable bonds is 7. The summed E-state index contributed by atoms with van der Waals surface area (Å²) < 4.78 is 0. The van der Waals surface area contributed by atoms with Gasteiger partial charge < -0.3 is 9.80 Å². The van der Waals surface area contributed by atoms with Gasteiger partial charge in [-0.3, -0.25) is 0 Å². The lowest BCUT2D eigenvalue weighted by Crippen LogP contribution is -2.17. The predicted molar refractivity (Wildman–Crippen MR) is 285 cm³/mol.